The van der Waals surface area contributed by atoms with Crippen molar-refractivity contribution < 1.29 is 0 Å². The molecule has 0 heterocycles. The van der Waals surface area contributed by atoms with Crippen LogP contribution in [-0.4, -0.2) is 0 Å². The lowest BCUT2D eigenvalue weighted by Crippen LogP contribution is -1.95. The van der Waals surface area contributed by atoms with E-state index in [4.69, 9.17) is 0 Å². The molecule has 0 saturated heterocycles. The van der Waals surface area contributed by atoms with E-state index in [1.165, 1.54) is 16.7 Å². The molecule has 0 amide bonds. The van der Waals surface area contributed by atoms with Crippen molar-refractivity contribution in [1.29, 1.82) is 0 Å². The summed E-state index contributed by atoms with van der Waals surface area (Å²) in [5.74, 6) is 0.567. The molecule has 0 aliphatic carbocycles. The number of hydrogen-bond acceptors (Lipinski definition) is 0. The van der Waals surface area contributed by atoms with Crippen LogP contribution in [0.5, 0.6) is 0 Å². The van der Waals surface area contributed by atoms with Gasteiger partial charge >= 0.3 is 0 Å². The van der Waals surface area contributed by atoms with Crippen molar-refractivity contribution in [3.05, 3.63) is 35.5 Å². The molecule has 0 spiro atoms. The van der Waals surface area contributed by atoms with Gasteiger partial charge in [0.25, 0.3) is 0 Å². The first-order chi connectivity index (χ1) is 5.49. The lowest BCUT2D eigenvalue weighted by atomic mass is 9.95. The molecule has 0 aromatic rings. The monoisotopic (exact) mass is 164 g/mol. The average molecular weight is 164 g/mol. The zero-order valence-corrected chi connectivity index (χ0v) is 8.94. The molecule has 12 heavy (non-hydrogen) atoms. The van der Waals surface area contributed by atoms with Gasteiger partial charge in [0.05, 0.1) is 0 Å². The molecular formula is C12H20. The maximum absolute atomic E-state index is 3.97. The summed E-state index contributed by atoms with van der Waals surface area (Å²) in [5.41, 5.74) is 3.83. The summed E-state index contributed by atoms with van der Waals surface area (Å²) in [6, 6.07) is 0. The second kappa shape index (κ2) is 4.97. The summed E-state index contributed by atoms with van der Waals surface area (Å²) in [6.45, 7) is 14.6. The first kappa shape index (κ1) is 11.2. The van der Waals surface area contributed by atoms with Gasteiger partial charge in [-0.25, -0.2) is 0 Å². The van der Waals surface area contributed by atoms with Crippen LogP contribution in [0.4, 0.5) is 0 Å². The van der Waals surface area contributed by atoms with Gasteiger partial charge < -0.3 is 0 Å². The van der Waals surface area contributed by atoms with Crippen LogP contribution in [0.25, 0.3) is 0 Å². The maximum Gasteiger partial charge on any atom is -0.0216 e. The molecular weight excluding hydrogens is 144 g/mol. The molecule has 68 valence electrons. The molecule has 0 aliphatic rings. The van der Waals surface area contributed by atoms with Gasteiger partial charge in [-0.05, 0) is 32.3 Å². The van der Waals surface area contributed by atoms with Gasteiger partial charge in [-0.2, -0.15) is 0 Å². The first-order valence-electron chi connectivity index (χ1n) is 4.49. The topological polar surface area (TPSA) is 0 Å². The molecule has 0 aromatic carbocycles. The van der Waals surface area contributed by atoms with E-state index in [2.05, 4.69) is 53.3 Å². The Balaban J connectivity index is 4.74. The average Bonchev–Trinajstić information content (AvgIpc) is 1.98. The van der Waals surface area contributed by atoms with Gasteiger partial charge in [-0.3, -0.25) is 0 Å². The minimum atomic E-state index is 0.567. The molecule has 0 atom stereocenters. The van der Waals surface area contributed by atoms with Crippen molar-refractivity contribution in [3.63, 3.8) is 0 Å². The maximum atomic E-state index is 3.97. The zero-order valence-electron chi connectivity index (χ0n) is 8.94. The number of allylic oxidation sites excluding steroid dienone is 5. The molecule has 0 heteroatoms. The first-order valence-corrected chi connectivity index (χ1v) is 4.49. The second-order valence-electron chi connectivity index (χ2n) is 3.57. The van der Waals surface area contributed by atoms with Crippen molar-refractivity contribution >= 4 is 0 Å². The Labute approximate surface area is 76.7 Å². The predicted molar refractivity (Wildman–Crippen MR) is 57.2 cm³/mol. The fourth-order valence-corrected chi connectivity index (χ4v) is 1.11. The highest BCUT2D eigenvalue weighted by Gasteiger charge is 2.02. The van der Waals surface area contributed by atoms with Crippen LogP contribution in [0, 0.1) is 5.92 Å². The highest BCUT2D eigenvalue weighted by molar-refractivity contribution is 5.34. The lowest BCUT2D eigenvalue weighted by molar-refractivity contribution is 0.777. The molecule has 0 fully saturated rings. The Morgan fingerprint density at radius 3 is 2.00 bits per heavy atom. The summed E-state index contributed by atoms with van der Waals surface area (Å²) < 4.78 is 0. The zero-order chi connectivity index (χ0) is 9.72. The molecule has 0 unspecified atom stereocenters. The van der Waals surface area contributed by atoms with Gasteiger partial charge in [-0.1, -0.05) is 43.7 Å². The van der Waals surface area contributed by atoms with Gasteiger partial charge in [0.15, 0.2) is 0 Å². The lowest BCUT2D eigenvalue weighted by Gasteiger charge is -2.10. The highest BCUT2D eigenvalue weighted by Crippen LogP contribution is 2.19. The molecule has 0 rings (SSSR count). The highest BCUT2D eigenvalue weighted by atomic mass is 14.1. The van der Waals surface area contributed by atoms with E-state index in [0.717, 1.165) is 0 Å². The van der Waals surface area contributed by atoms with Crippen LogP contribution >= 0.6 is 0 Å². The Hall–Kier alpha value is -0.780. The van der Waals surface area contributed by atoms with Gasteiger partial charge in [0.1, 0.15) is 0 Å². The van der Waals surface area contributed by atoms with E-state index in [-0.39, 0.29) is 0 Å². The number of rotatable bonds is 3. The summed E-state index contributed by atoms with van der Waals surface area (Å²) in [5, 5.41) is 0. The number of hydrogen-bond donors (Lipinski definition) is 0. The van der Waals surface area contributed by atoms with Crippen molar-refractivity contribution in [3.8, 4) is 0 Å². The fraction of sp³-hybridized carbons (Fsp3) is 0.500. The van der Waals surface area contributed by atoms with Crippen molar-refractivity contribution in [2.45, 2.75) is 34.6 Å². The largest absolute Gasteiger partial charge is 0.0958 e. The minimum absolute atomic E-state index is 0.567. The Bertz CT molecular complexity index is 214. The third-order valence-electron chi connectivity index (χ3n) is 1.95. The smallest absolute Gasteiger partial charge is 0.0216 e. The van der Waals surface area contributed by atoms with Crippen LogP contribution in [0.3, 0.4) is 0 Å². The Morgan fingerprint density at radius 1 is 1.25 bits per heavy atom. The summed E-state index contributed by atoms with van der Waals surface area (Å²) in [6.07, 6.45) is 4.33. The van der Waals surface area contributed by atoms with Crippen LogP contribution < -0.4 is 0 Å². The Morgan fingerprint density at radius 2 is 1.75 bits per heavy atom. The van der Waals surface area contributed by atoms with E-state index >= 15 is 0 Å². The standard InChI is InChI=1S/C12H20/c1-7-11(6)8-12(9(2)3)10(4)5/h7-8,10H,2H2,1,3-6H3/b11-7-,12-8+. The minimum Gasteiger partial charge on any atom is -0.0958 e. The van der Waals surface area contributed by atoms with E-state index in [1.54, 1.807) is 0 Å². The fourth-order valence-electron chi connectivity index (χ4n) is 1.11. The third kappa shape index (κ3) is 3.56. The molecule has 0 aromatic heterocycles. The normalized spacial score (nSPS) is 13.8. The van der Waals surface area contributed by atoms with Crippen molar-refractivity contribution in [2.24, 2.45) is 5.92 Å². The van der Waals surface area contributed by atoms with Crippen LogP contribution in [0.15, 0.2) is 35.5 Å². The SMILES string of the molecule is C=C(C)/C(=C\C(C)=C/C)C(C)C. The summed E-state index contributed by atoms with van der Waals surface area (Å²) >= 11 is 0. The molecule has 0 nitrogen and oxygen atoms in total. The van der Waals surface area contributed by atoms with Crippen LogP contribution in [0.2, 0.25) is 0 Å². The van der Waals surface area contributed by atoms with Crippen molar-refractivity contribution in [2.75, 3.05) is 0 Å². The van der Waals surface area contributed by atoms with Crippen LogP contribution in [0.1, 0.15) is 34.6 Å². The van der Waals surface area contributed by atoms with Gasteiger partial charge in [0, 0.05) is 0 Å². The molecule has 0 radical (unpaired) electrons. The van der Waals surface area contributed by atoms with E-state index < -0.39 is 0 Å². The predicted octanol–water partition coefficient (Wildman–Crippen LogP) is 4.11. The molecule has 0 saturated carbocycles. The van der Waals surface area contributed by atoms with E-state index in [9.17, 15) is 0 Å². The third-order valence-corrected chi connectivity index (χ3v) is 1.95. The quantitative estimate of drug-likeness (QED) is 0.551. The summed E-state index contributed by atoms with van der Waals surface area (Å²) in [4.78, 5) is 0. The van der Waals surface area contributed by atoms with Gasteiger partial charge in [-0.15, -0.1) is 0 Å². The Kier molecular flexibility index (Phi) is 4.65. The molecule has 0 N–H and O–H groups in total. The molecule has 0 aliphatic heterocycles. The van der Waals surface area contributed by atoms with Gasteiger partial charge in [0.2, 0.25) is 0 Å². The van der Waals surface area contributed by atoms with Crippen LogP contribution in [-0.2, 0) is 0 Å². The van der Waals surface area contributed by atoms with Crippen molar-refractivity contribution in [1.82, 2.24) is 0 Å². The second-order valence-corrected chi connectivity index (χ2v) is 3.57. The summed E-state index contributed by atoms with van der Waals surface area (Å²) in [7, 11) is 0. The van der Waals surface area contributed by atoms with E-state index in [1.807, 2.05) is 0 Å². The molecule has 0 bridgehead atoms. The van der Waals surface area contributed by atoms with E-state index in [0.29, 0.717) is 5.92 Å².